The normalized spacial score (nSPS) is 11.0. The molecule has 0 saturated heterocycles. The van der Waals surface area contributed by atoms with Crippen molar-refractivity contribution in [2.45, 2.75) is 0 Å². The average molecular weight is 521 g/mol. The standard InChI is InChI=1S/C29H20N4O6/c1-38-26-17-19(11-16-25(26)39-29(35)21-7-3-2-4-8-21)18-30-32-27(20-12-14-22(15-13-20)33(36)37)31-24-10-6-5-9-23(24)28(32)34/h2-18H,1H3. The van der Waals surface area contributed by atoms with Gasteiger partial charge in [-0.25, -0.2) is 9.78 Å². The van der Waals surface area contributed by atoms with Crippen molar-refractivity contribution in [1.29, 1.82) is 0 Å². The Labute approximate surface area is 221 Å². The summed E-state index contributed by atoms with van der Waals surface area (Å²) in [5.74, 6) is 0.199. The lowest BCUT2D eigenvalue weighted by Crippen LogP contribution is -2.20. The molecular formula is C29H20N4O6. The number of nitro groups is 1. The average Bonchev–Trinajstić information content (AvgIpc) is 2.97. The van der Waals surface area contributed by atoms with Crippen LogP contribution in [0.1, 0.15) is 15.9 Å². The summed E-state index contributed by atoms with van der Waals surface area (Å²) in [6, 6.07) is 26.0. The molecule has 0 spiro atoms. The summed E-state index contributed by atoms with van der Waals surface area (Å²) in [4.78, 5) is 41.0. The minimum absolute atomic E-state index is 0.0860. The smallest absolute Gasteiger partial charge is 0.343 e. The lowest BCUT2D eigenvalue weighted by molar-refractivity contribution is -0.384. The Morgan fingerprint density at radius 2 is 1.67 bits per heavy atom. The molecule has 10 nitrogen and oxygen atoms in total. The van der Waals surface area contributed by atoms with Gasteiger partial charge in [0.25, 0.3) is 11.2 Å². The molecule has 0 bridgehead atoms. The predicted octanol–water partition coefficient (Wildman–Crippen LogP) is 5.08. The maximum absolute atomic E-state index is 13.4. The van der Waals surface area contributed by atoms with Gasteiger partial charge in [0.2, 0.25) is 0 Å². The van der Waals surface area contributed by atoms with Gasteiger partial charge in [-0.3, -0.25) is 14.9 Å². The van der Waals surface area contributed by atoms with Crippen LogP contribution < -0.4 is 15.0 Å². The van der Waals surface area contributed by atoms with E-state index in [-0.39, 0.29) is 17.3 Å². The molecule has 0 saturated carbocycles. The maximum atomic E-state index is 13.4. The third-order valence-electron chi connectivity index (χ3n) is 5.81. The molecule has 0 unspecified atom stereocenters. The number of carbonyl (C=O) groups is 1. The second-order valence-corrected chi connectivity index (χ2v) is 8.28. The number of benzene rings is 4. The van der Waals surface area contributed by atoms with Crippen LogP contribution in [0.2, 0.25) is 0 Å². The summed E-state index contributed by atoms with van der Waals surface area (Å²) < 4.78 is 12.0. The fourth-order valence-corrected chi connectivity index (χ4v) is 3.86. The summed E-state index contributed by atoms with van der Waals surface area (Å²) in [5.41, 5.74) is 1.39. The zero-order chi connectivity index (χ0) is 27.4. The van der Waals surface area contributed by atoms with Crippen molar-refractivity contribution in [3.05, 3.63) is 129 Å². The molecule has 192 valence electrons. The van der Waals surface area contributed by atoms with Crippen molar-refractivity contribution in [2.75, 3.05) is 7.11 Å². The van der Waals surface area contributed by atoms with E-state index < -0.39 is 16.5 Å². The number of carbonyl (C=O) groups excluding carboxylic acids is 1. The summed E-state index contributed by atoms with van der Waals surface area (Å²) in [5, 5.41) is 15.8. The van der Waals surface area contributed by atoms with Crippen LogP contribution in [0.3, 0.4) is 0 Å². The Bertz CT molecular complexity index is 1780. The maximum Gasteiger partial charge on any atom is 0.343 e. The predicted molar refractivity (Wildman–Crippen MR) is 145 cm³/mol. The highest BCUT2D eigenvalue weighted by Crippen LogP contribution is 2.29. The number of nitro benzene ring substituents is 1. The first-order valence-electron chi connectivity index (χ1n) is 11.7. The second kappa shape index (κ2) is 10.8. The van der Waals surface area contributed by atoms with Crippen molar-refractivity contribution in [2.24, 2.45) is 5.10 Å². The lowest BCUT2D eigenvalue weighted by atomic mass is 10.1. The zero-order valence-electron chi connectivity index (χ0n) is 20.6. The fourth-order valence-electron chi connectivity index (χ4n) is 3.86. The molecule has 0 aliphatic carbocycles. The van der Waals surface area contributed by atoms with E-state index in [1.165, 1.54) is 37.6 Å². The third kappa shape index (κ3) is 5.25. The van der Waals surface area contributed by atoms with E-state index in [9.17, 15) is 19.7 Å². The number of methoxy groups -OCH3 is 1. The molecule has 39 heavy (non-hydrogen) atoms. The van der Waals surface area contributed by atoms with Crippen LogP contribution in [0.25, 0.3) is 22.3 Å². The van der Waals surface area contributed by atoms with Crippen molar-refractivity contribution < 1.29 is 19.2 Å². The molecule has 0 atom stereocenters. The highest BCUT2D eigenvalue weighted by atomic mass is 16.6. The molecule has 0 aliphatic rings. The van der Waals surface area contributed by atoms with Crippen LogP contribution in [0.5, 0.6) is 11.5 Å². The van der Waals surface area contributed by atoms with E-state index in [1.807, 2.05) is 0 Å². The Morgan fingerprint density at radius 1 is 0.949 bits per heavy atom. The lowest BCUT2D eigenvalue weighted by Gasteiger charge is -2.11. The Hall–Kier alpha value is -5.64. The minimum atomic E-state index is -0.531. The first-order chi connectivity index (χ1) is 18.9. The molecule has 5 aromatic rings. The highest BCUT2D eigenvalue weighted by molar-refractivity contribution is 5.91. The van der Waals surface area contributed by atoms with Gasteiger partial charge in [-0.05, 0) is 60.2 Å². The molecule has 1 heterocycles. The molecule has 0 fully saturated rings. The molecule has 1 aromatic heterocycles. The fraction of sp³-hybridized carbons (Fsp3) is 0.0345. The largest absolute Gasteiger partial charge is 0.493 e. The highest BCUT2D eigenvalue weighted by Gasteiger charge is 2.15. The van der Waals surface area contributed by atoms with Gasteiger partial charge in [-0.15, -0.1) is 0 Å². The van der Waals surface area contributed by atoms with Crippen LogP contribution in [-0.4, -0.2) is 33.9 Å². The van der Waals surface area contributed by atoms with Gasteiger partial charge in [0.15, 0.2) is 17.3 Å². The number of hydrogen-bond acceptors (Lipinski definition) is 8. The number of hydrogen-bond donors (Lipinski definition) is 0. The minimum Gasteiger partial charge on any atom is -0.493 e. The molecular weight excluding hydrogens is 500 g/mol. The quantitative estimate of drug-likeness (QED) is 0.0963. The van der Waals surface area contributed by atoms with Gasteiger partial charge in [0, 0.05) is 17.7 Å². The number of fused-ring (bicyclic) bond motifs is 1. The van der Waals surface area contributed by atoms with Crippen LogP contribution in [-0.2, 0) is 0 Å². The van der Waals surface area contributed by atoms with Crippen LogP contribution in [0.15, 0.2) is 107 Å². The summed E-state index contributed by atoms with van der Waals surface area (Å²) >= 11 is 0. The topological polar surface area (TPSA) is 126 Å². The van der Waals surface area contributed by atoms with Crippen molar-refractivity contribution in [3.63, 3.8) is 0 Å². The molecule has 10 heteroatoms. The van der Waals surface area contributed by atoms with Crippen LogP contribution in [0, 0.1) is 10.1 Å². The number of esters is 1. The van der Waals surface area contributed by atoms with E-state index in [4.69, 9.17) is 9.47 Å². The molecule has 0 radical (unpaired) electrons. The first-order valence-corrected chi connectivity index (χ1v) is 11.7. The number of ether oxygens (including phenoxy) is 2. The molecule has 0 aliphatic heterocycles. The second-order valence-electron chi connectivity index (χ2n) is 8.28. The van der Waals surface area contributed by atoms with E-state index in [1.54, 1.807) is 72.8 Å². The summed E-state index contributed by atoms with van der Waals surface area (Å²) in [7, 11) is 1.44. The zero-order valence-corrected chi connectivity index (χ0v) is 20.6. The van der Waals surface area contributed by atoms with Gasteiger partial charge in [0.05, 0.1) is 34.7 Å². The van der Waals surface area contributed by atoms with Crippen LogP contribution in [0.4, 0.5) is 5.69 Å². The summed E-state index contributed by atoms with van der Waals surface area (Å²) in [6.45, 7) is 0. The Balaban J connectivity index is 1.52. The number of rotatable bonds is 7. The number of para-hydroxylation sites is 1. The van der Waals surface area contributed by atoms with E-state index >= 15 is 0 Å². The Morgan fingerprint density at radius 3 is 2.38 bits per heavy atom. The number of non-ortho nitro benzene ring substituents is 1. The van der Waals surface area contributed by atoms with E-state index in [2.05, 4.69) is 10.1 Å². The van der Waals surface area contributed by atoms with Crippen molar-refractivity contribution in [3.8, 4) is 22.9 Å². The van der Waals surface area contributed by atoms with Gasteiger partial charge in [0.1, 0.15) is 0 Å². The monoisotopic (exact) mass is 520 g/mol. The molecule has 0 amide bonds. The Kier molecular flexibility index (Phi) is 6.91. The molecule has 4 aromatic carbocycles. The molecule has 0 N–H and O–H groups in total. The number of nitrogens with zero attached hydrogens (tertiary/aromatic N) is 4. The SMILES string of the molecule is COc1cc(C=Nn2c(-c3ccc([N+](=O)[O-])cc3)nc3ccccc3c2=O)ccc1OC(=O)c1ccccc1. The van der Waals surface area contributed by atoms with Gasteiger partial charge in [-0.1, -0.05) is 30.3 Å². The number of aromatic nitrogens is 2. The molecule has 5 rings (SSSR count). The summed E-state index contributed by atoms with van der Waals surface area (Å²) in [6.07, 6.45) is 1.44. The van der Waals surface area contributed by atoms with Gasteiger partial charge in [-0.2, -0.15) is 9.78 Å². The van der Waals surface area contributed by atoms with E-state index in [0.29, 0.717) is 33.3 Å². The van der Waals surface area contributed by atoms with Crippen LogP contribution >= 0.6 is 0 Å². The first kappa shape index (κ1) is 25.0. The van der Waals surface area contributed by atoms with Gasteiger partial charge >= 0.3 is 5.97 Å². The van der Waals surface area contributed by atoms with Crippen molar-refractivity contribution in [1.82, 2.24) is 9.66 Å². The van der Waals surface area contributed by atoms with E-state index in [0.717, 1.165) is 4.68 Å². The van der Waals surface area contributed by atoms with Crippen molar-refractivity contribution >= 4 is 28.8 Å². The van der Waals surface area contributed by atoms with Gasteiger partial charge < -0.3 is 9.47 Å². The third-order valence-corrected chi connectivity index (χ3v) is 5.81.